The zero-order valence-electron chi connectivity index (χ0n) is 21.7. The van der Waals surface area contributed by atoms with E-state index in [-0.39, 0.29) is 30.2 Å². The van der Waals surface area contributed by atoms with Crippen LogP contribution in [0.5, 0.6) is 5.88 Å². The van der Waals surface area contributed by atoms with E-state index in [1.807, 2.05) is 6.92 Å². The largest absolute Gasteiger partial charge is 0.475 e. The first-order valence-corrected chi connectivity index (χ1v) is 13.5. The molecule has 0 bridgehead atoms. The summed E-state index contributed by atoms with van der Waals surface area (Å²) in [6, 6.07) is 8.67. The van der Waals surface area contributed by atoms with Crippen LogP contribution < -0.4 is 15.7 Å². The number of aromatic amines is 1. The van der Waals surface area contributed by atoms with Gasteiger partial charge in [-0.2, -0.15) is 4.98 Å². The Morgan fingerprint density at radius 3 is 2.68 bits per heavy atom. The molecule has 1 aromatic carbocycles. The van der Waals surface area contributed by atoms with E-state index in [2.05, 4.69) is 32.2 Å². The smallest absolute Gasteiger partial charge is 0.348 e. The van der Waals surface area contributed by atoms with Gasteiger partial charge in [0.1, 0.15) is 12.5 Å². The van der Waals surface area contributed by atoms with Gasteiger partial charge in [0.05, 0.1) is 16.5 Å². The first-order valence-electron chi connectivity index (χ1n) is 13.1. The van der Waals surface area contributed by atoms with Crippen LogP contribution in [0.15, 0.2) is 41.3 Å². The Hall–Kier alpha value is -3.33. The highest BCUT2D eigenvalue weighted by Crippen LogP contribution is 2.37. The van der Waals surface area contributed by atoms with Gasteiger partial charge in [0, 0.05) is 29.9 Å². The molecule has 1 aliphatic carbocycles. The lowest BCUT2D eigenvalue weighted by molar-refractivity contribution is -0.134. The van der Waals surface area contributed by atoms with E-state index in [0.717, 1.165) is 37.7 Å². The highest BCUT2D eigenvalue weighted by atomic mass is 35.5. The number of halogens is 2. The molecule has 0 radical (unpaired) electrons. The average Bonchev–Trinajstić information content (AvgIpc) is 2.93. The second-order valence-corrected chi connectivity index (χ2v) is 10.3. The number of hydrogen-bond acceptors (Lipinski definition) is 6. The summed E-state index contributed by atoms with van der Waals surface area (Å²) in [5, 5.41) is 3.26. The zero-order chi connectivity index (χ0) is 27.1. The van der Waals surface area contributed by atoms with Gasteiger partial charge in [0.25, 0.3) is 0 Å². The zero-order valence-corrected chi connectivity index (χ0v) is 22.5. The van der Waals surface area contributed by atoms with Crippen molar-refractivity contribution >= 4 is 17.5 Å². The molecule has 1 aliphatic rings. The maximum Gasteiger partial charge on any atom is 0.348 e. The summed E-state index contributed by atoms with van der Waals surface area (Å²) >= 11 is 6.46. The summed E-state index contributed by atoms with van der Waals surface area (Å²) in [4.78, 5) is 40.7. The molecule has 1 fully saturated rings. The first-order chi connectivity index (χ1) is 18.3. The van der Waals surface area contributed by atoms with E-state index in [1.54, 1.807) is 36.5 Å². The van der Waals surface area contributed by atoms with Crippen LogP contribution in [0.4, 0.5) is 4.39 Å². The van der Waals surface area contributed by atoms with Crippen molar-refractivity contribution in [3.8, 4) is 28.7 Å². The van der Waals surface area contributed by atoms with Gasteiger partial charge in [-0.25, -0.2) is 19.2 Å². The molecule has 3 aromatic rings. The summed E-state index contributed by atoms with van der Waals surface area (Å²) in [5.41, 5.74) is 0.254. The lowest BCUT2D eigenvalue weighted by Crippen LogP contribution is -2.43. The van der Waals surface area contributed by atoms with Crippen molar-refractivity contribution in [2.24, 2.45) is 5.41 Å². The van der Waals surface area contributed by atoms with E-state index >= 15 is 0 Å². The molecule has 4 rings (SSSR count). The maximum absolute atomic E-state index is 13.8. The molecule has 2 heterocycles. The molecule has 2 N–H and O–H groups in total. The monoisotopic (exact) mass is 541 g/mol. The highest BCUT2D eigenvalue weighted by Gasteiger charge is 2.39. The number of amides is 1. The van der Waals surface area contributed by atoms with Crippen molar-refractivity contribution in [3.05, 3.63) is 57.6 Å². The van der Waals surface area contributed by atoms with Gasteiger partial charge in [-0.3, -0.25) is 9.78 Å². The van der Waals surface area contributed by atoms with E-state index in [9.17, 15) is 14.0 Å². The number of ether oxygens (including phenoxy) is 1. The Kier molecular flexibility index (Phi) is 9.09. The lowest BCUT2D eigenvalue weighted by Gasteiger charge is -2.33. The lowest BCUT2D eigenvalue weighted by atomic mass is 9.74. The normalized spacial score (nSPS) is 15.6. The first kappa shape index (κ1) is 27.7. The maximum atomic E-state index is 13.8. The quantitative estimate of drug-likeness (QED) is 0.343. The minimum Gasteiger partial charge on any atom is -0.475 e. The van der Waals surface area contributed by atoms with Crippen LogP contribution in [0.1, 0.15) is 64.4 Å². The van der Waals surface area contributed by atoms with Crippen molar-refractivity contribution in [1.29, 1.82) is 0 Å². The molecule has 10 heteroatoms. The Morgan fingerprint density at radius 2 is 2.00 bits per heavy atom. The molecule has 202 valence electrons. The molecule has 1 atom stereocenters. The molecule has 0 unspecified atom stereocenters. The summed E-state index contributed by atoms with van der Waals surface area (Å²) < 4.78 is 19.6. The molecular weight excluding hydrogens is 509 g/mol. The van der Waals surface area contributed by atoms with E-state index in [1.165, 1.54) is 0 Å². The number of H-pyrrole nitrogens is 1. The number of nitrogens with one attached hydrogen (secondary N) is 2. The van der Waals surface area contributed by atoms with Crippen molar-refractivity contribution < 1.29 is 13.9 Å². The predicted octanol–water partition coefficient (Wildman–Crippen LogP) is 5.65. The minimum absolute atomic E-state index is 0.0464. The third-order valence-electron chi connectivity index (χ3n) is 6.95. The predicted molar refractivity (Wildman–Crippen MR) is 145 cm³/mol. The Labute approximate surface area is 226 Å². The number of rotatable bonds is 10. The van der Waals surface area contributed by atoms with Crippen LogP contribution in [0.25, 0.3) is 22.8 Å². The summed E-state index contributed by atoms with van der Waals surface area (Å²) in [5.74, 6) is 0.655. The Balaban J connectivity index is 1.53. The van der Waals surface area contributed by atoms with Gasteiger partial charge < -0.3 is 10.1 Å². The van der Waals surface area contributed by atoms with Crippen LogP contribution >= 0.6 is 11.6 Å². The van der Waals surface area contributed by atoms with Crippen LogP contribution in [-0.2, 0) is 11.3 Å². The summed E-state index contributed by atoms with van der Waals surface area (Å²) in [6.07, 6.45) is 7.40. The fourth-order valence-electron chi connectivity index (χ4n) is 4.78. The third kappa shape index (κ3) is 6.56. The standard InChI is InChI=1S/C28H33ClFN5O3/c1-3-7-18(2)38-23-11-9-20(16-31-23)24-33-25(35-27(37)34-24)21-14-19(8-10-22(21)29)15-32-26(36)28(17-30)12-5-4-6-13-28/h8-11,14,16,18H,3-7,12-13,15,17H2,1-2H3,(H,32,36)(H,33,34,35,37)/t18-/m1/s1. The molecule has 0 aliphatic heterocycles. The number of aromatic nitrogens is 4. The molecule has 0 spiro atoms. The minimum atomic E-state index is -0.942. The van der Waals surface area contributed by atoms with Crippen LogP contribution in [0.2, 0.25) is 5.02 Å². The van der Waals surface area contributed by atoms with Gasteiger partial charge >= 0.3 is 5.69 Å². The number of nitrogens with zero attached hydrogens (tertiary/aromatic N) is 3. The van der Waals surface area contributed by atoms with Gasteiger partial charge in [-0.15, -0.1) is 0 Å². The number of carbonyl (C=O) groups excluding carboxylic acids is 1. The number of hydrogen-bond donors (Lipinski definition) is 2. The van der Waals surface area contributed by atoms with E-state index in [4.69, 9.17) is 16.3 Å². The number of benzene rings is 1. The van der Waals surface area contributed by atoms with Crippen LogP contribution in [0, 0.1) is 5.41 Å². The van der Waals surface area contributed by atoms with E-state index in [0.29, 0.717) is 34.9 Å². The van der Waals surface area contributed by atoms with Crippen molar-refractivity contribution in [1.82, 2.24) is 25.3 Å². The SMILES string of the molecule is CCC[C@@H](C)Oc1ccc(-c2nc(-c3cc(CNC(=O)C4(CF)CCCCC4)ccc3Cl)[nH]c(=O)n2)cn1. The number of pyridine rings is 1. The Bertz CT molecular complexity index is 1310. The van der Waals surface area contributed by atoms with Gasteiger partial charge in [0.2, 0.25) is 11.8 Å². The molecule has 1 amide bonds. The Morgan fingerprint density at radius 1 is 1.21 bits per heavy atom. The second kappa shape index (κ2) is 12.5. The summed E-state index contributed by atoms with van der Waals surface area (Å²) in [7, 11) is 0. The molecule has 1 saturated carbocycles. The van der Waals surface area contributed by atoms with Gasteiger partial charge in [-0.05, 0) is 49.9 Å². The summed E-state index contributed by atoms with van der Waals surface area (Å²) in [6.45, 7) is 3.63. The second-order valence-electron chi connectivity index (χ2n) is 9.90. The van der Waals surface area contributed by atoms with Crippen molar-refractivity contribution in [3.63, 3.8) is 0 Å². The van der Waals surface area contributed by atoms with Gasteiger partial charge in [0.15, 0.2) is 5.82 Å². The van der Waals surface area contributed by atoms with Crippen LogP contribution in [-0.4, -0.2) is 38.6 Å². The molecule has 2 aromatic heterocycles. The van der Waals surface area contributed by atoms with Crippen molar-refractivity contribution in [2.45, 2.75) is 71.4 Å². The number of alkyl halides is 1. The fraction of sp³-hybridized carbons (Fsp3) is 0.464. The van der Waals surface area contributed by atoms with Crippen LogP contribution in [0.3, 0.4) is 0 Å². The molecule has 8 nitrogen and oxygen atoms in total. The average molecular weight is 542 g/mol. The fourth-order valence-corrected chi connectivity index (χ4v) is 4.99. The molecular formula is C28H33ClFN5O3. The molecule has 38 heavy (non-hydrogen) atoms. The molecule has 0 saturated heterocycles. The topological polar surface area (TPSA) is 110 Å². The van der Waals surface area contributed by atoms with E-state index < -0.39 is 17.8 Å². The third-order valence-corrected chi connectivity index (χ3v) is 7.28. The van der Waals surface area contributed by atoms with Gasteiger partial charge in [-0.1, -0.05) is 50.3 Å². The van der Waals surface area contributed by atoms with Crippen molar-refractivity contribution in [2.75, 3.05) is 6.67 Å². The highest BCUT2D eigenvalue weighted by molar-refractivity contribution is 6.33. The number of carbonyl (C=O) groups is 1.